The summed E-state index contributed by atoms with van der Waals surface area (Å²) in [6.45, 7) is 0.759. The quantitative estimate of drug-likeness (QED) is 0.721. The van der Waals surface area contributed by atoms with Crippen molar-refractivity contribution in [2.45, 2.75) is 63.5 Å². The van der Waals surface area contributed by atoms with Crippen molar-refractivity contribution in [3.63, 3.8) is 0 Å². The van der Waals surface area contributed by atoms with E-state index in [1.165, 1.54) is 6.42 Å². The van der Waals surface area contributed by atoms with Crippen molar-refractivity contribution >= 4 is 5.91 Å². The van der Waals surface area contributed by atoms with Crippen molar-refractivity contribution < 1.29 is 9.90 Å². The number of rotatable bonds is 1. The topological polar surface area (TPSA) is 40.5 Å². The lowest BCUT2D eigenvalue weighted by Crippen LogP contribution is -2.52. The molecule has 3 heteroatoms. The van der Waals surface area contributed by atoms with Gasteiger partial charge in [0.25, 0.3) is 0 Å². The molecule has 1 heterocycles. The van der Waals surface area contributed by atoms with Crippen LogP contribution in [0.1, 0.15) is 57.8 Å². The van der Waals surface area contributed by atoms with E-state index in [9.17, 15) is 9.90 Å². The summed E-state index contributed by atoms with van der Waals surface area (Å²) >= 11 is 0. The number of carbonyl (C=O) groups excluding carboxylic acids is 1. The largest absolute Gasteiger partial charge is 0.371 e. The van der Waals surface area contributed by atoms with Crippen LogP contribution in [0.25, 0.3) is 0 Å². The van der Waals surface area contributed by atoms with Gasteiger partial charge < -0.3 is 10.0 Å². The molecule has 15 heavy (non-hydrogen) atoms. The van der Waals surface area contributed by atoms with E-state index < -0.39 is 5.72 Å². The second-order valence-electron chi connectivity index (χ2n) is 4.90. The summed E-state index contributed by atoms with van der Waals surface area (Å²) in [6.07, 6.45) is 8.66. The predicted molar refractivity (Wildman–Crippen MR) is 58.2 cm³/mol. The molecule has 1 aliphatic heterocycles. The molecule has 1 amide bonds. The summed E-state index contributed by atoms with van der Waals surface area (Å²) in [7, 11) is 0. The van der Waals surface area contributed by atoms with Gasteiger partial charge in [-0.1, -0.05) is 12.8 Å². The Kier molecular flexibility index (Phi) is 3.29. The first-order valence-corrected chi connectivity index (χ1v) is 6.25. The minimum atomic E-state index is -0.806. The average molecular weight is 211 g/mol. The lowest BCUT2D eigenvalue weighted by atomic mass is 9.90. The number of carbonyl (C=O) groups is 1. The van der Waals surface area contributed by atoms with Crippen LogP contribution in [0.3, 0.4) is 0 Å². The summed E-state index contributed by atoms with van der Waals surface area (Å²) in [5.41, 5.74) is -0.806. The molecule has 1 saturated carbocycles. The Morgan fingerprint density at radius 3 is 2.40 bits per heavy atom. The van der Waals surface area contributed by atoms with E-state index in [4.69, 9.17) is 0 Å². The van der Waals surface area contributed by atoms with E-state index in [2.05, 4.69) is 0 Å². The third-order valence-corrected chi connectivity index (χ3v) is 3.73. The average Bonchev–Trinajstić information content (AvgIpc) is 2.44. The zero-order chi connectivity index (χ0) is 10.7. The van der Waals surface area contributed by atoms with Crippen LogP contribution < -0.4 is 0 Å². The molecular formula is C12H21NO2. The van der Waals surface area contributed by atoms with Crippen LogP contribution in [0, 0.1) is 0 Å². The molecule has 0 aromatic carbocycles. The van der Waals surface area contributed by atoms with Gasteiger partial charge in [0.2, 0.25) is 5.91 Å². The Balaban J connectivity index is 2.08. The molecule has 3 nitrogen and oxygen atoms in total. The van der Waals surface area contributed by atoms with E-state index in [0.717, 1.165) is 51.5 Å². The van der Waals surface area contributed by atoms with Crippen molar-refractivity contribution in [1.29, 1.82) is 0 Å². The van der Waals surface area contributed by atoms with Crippen LogP contribution in [0.5, 0.6) is 0 Å². The number of hydrogen-bond donors (Lipinski definition) is 1. The molecule has 1 aliphatic carbocycles. The number of hydrogen-bond acceptors (Lipinski definition) is 2. The second kappa shape index (κ2) is 4.52. The lowest BCUT2D eigenvalue weighted by Gasteiger charge is -2.42. The van der Waals surface area contributed by atoms with Crippen molar-refractivity contribution in [3.8, 4) is 0 Å². The van der Waals surface area contributed by atoms with Crippen LogP contribution in [0.15, 0.2) is 0 Å². The van der Waals surface area contributed by atoms with E-state index in [1.54, 1.807) is 4.90 Å². The number of amides is 1. The van der Waals surface area contributed by atoms with Gasteiger partial charge in [-0.15, -0.1) is 0 Å². The maximum Gasteiger partial charge on any atom is 0.224 e. The predicted octanol–water partition coefficient (Wildman–Crippen LogP) is 2.04. The number of aliphatic hydroxyl groups is 1. The molecular weight excluding hydrogens is 190 g/mol. The van der Waals surface area contributed by atoms with E-state index in [1.807, 2.05) is 0 Å². The third-order valence-electron chi connectivity index (χ3n) is 3.73. The summed E-state index contributed by atoms with van der Waals surface area (Å²) in [5, 5.41) is 10.5. The highest BCUT2D eigenvalue weighted by atomic mass is 16.3. The minimum Gasteiger partial charge on any atom is -0.371 e. The summed E-state index contributed by atoms with van der Waals surface area (Å²) in [6, 6.07) is 0. The Labute approximate surface area is 91.5 Å². The van der Waals surface area contributed by atoms with Gasteiger partial charge in [0.05, 0.1) is 0 Å². The molecule has 2 fully saturated rings. The number of likely N-dealkylation sites (tertiary alicyclic amines) is 1. The normalized spacial score (nSPS) is 27.5. The Morgan fingerprint density at radius 1 is 1.00 bits per heavy atom. The molecule has 2 rings (SSSR count). The van der Waals surface area contributed by atoms with E-state index in [0.29, 0.717) is 6.42 Å². The second-order valence-corrected chi connectivity index (χ2v) is 4.90. The molecule has 1 N–H and O–H groups in total. The van der Waals surface area contributed by atoms with Gasteiger partial charge >= 0.3 is 0 Å². The van der Waals surface area contributed by atoms with Crippen LogP contribution in [-0.2, 0) is 4.79 Å². The third kappa shape index (κ3) is 2.33. The zero-order valence-electron chi connectivity index (χ0n) is 9.37. The first kappa shape index (κ1) is 10.9. The summed E-state index contributed by atoms with van der Waals surface area (Å²) < 4.78 is 0. The molecule has 0 aromatic heterocycles. The van der Waals surface area contributed by atoms with Gasteiger partial charge in [-0.05, 0) is 38.5 Å². The molecule has 86 valence electrons. The molecule has 0 unspecified atom stereocenters. The molecule has 0 radical (unpaired) electrons. The zero-order valence-corrected chi connectivity index (χ0v) is 9.37. The van der Waals surface area contributed by atoms with Crippen LogP contribution in [0.2, 0.25) is 0 Å². The minimum absolute atomic E-state index is 0.164. The smallest absolute Gasteiger partial charge is 0.224 e. The highest BCUT2D eigenvalue weighted by molar-refractivity contribution is 5.77. The Morgan fingerprint density at radius 2 is 1.67 bits per heavy atom. The van der Waals surface area contributed by atoms with Crippen LogP contribution in [-0.4, -0.2) is 28.2 Å². The van der Waals surface area contributed by atoms with E-state index in [-0.39, 0.29) is 5.91 Å². The van der Waals surface area contributed by atoms with Crippen molar-refractivity contribution in [3.05, 3.63) is 0 Å². The Bertz CT molecular complexity index is 234. The lowest BCUT2D eigenvalue weighted by molar-refractivity contribution is -0.166. The SMILES string of the molecule is O=C1CCCCCN1C1(O)CCCCC1. The molecule has 0 aromatic rings. The fraction of sp³-hybridized carbons (Fsp3) is 0.917. The standard InChI is InChI=1S/C12H21NO2/c14-11-7-3-1-6-10-13(11)12(15)8-4-2-5-9-12/h15H,1-10H2. The molecule has 2 aliphatic rings. The first-order valence-electron chi connectivity index (χ1n) is 6.25. The monoisotopic (exact) mass is 211 g/mol. The number of nitrogens with zero attached hydrogens (tertiary/aromatic N) is 1. The van der Waals surface area contributed by atoms with Crippen molar-refractivity contribution in [2.75, 3.05) is 6.54 Å². The van der Waals surface area contributed by atoms with E-state index >= 15 is 0 Å². The van der Waals surface area contributed by atoms with Gasteiger partial charge in [-0.3, -0.25) is 4.79 Å². The fourth-order valence-electron chi connectivity index (χ4n) is 2.81. The van der Waals surface area contributed by atoms with Crippen LogP contribution >= 0.6 is 0 Å². The summed E-state index contributed by atoms with van der Waals surface area (Å²) in [5.74, 6) is 0.164. The van der Waals surface area contributed by atoms with Gasteiger partial charge in [-0.25, -0.2) is 0 Å². The molecule has 0 spiro atoms. The fourth-order valence-corrected chi connectivity index (χ4v) is 2.81. The summed E-state index contributed by atoms with van der Waals surface area (Å²) in [4.78, 5) is 13.6. The molecule has 0 bridgehead atoms. The van der Waals surface area contributed by atoms with Gasteiger partial charge in [-0.2, -0.15) is 0 Å². The highest BCUT2D eigenvalue weighted by Crippen LogP contribution is 2.33. The highest BCUT2D eigenvalue weighted by Gasteiger charge is 2.38. The maximum atomic E-state index is 11.9. The van der Waals surface area contributed by atoms with Crippen LogP contribution in [0.4, 0.5) is 0 Å². The van der Waals surface area contributed by atoms with Gasteiger partial charge in [0.1, 0.15) is 5.72 Å². The molecule has 0 atom stereocenters. The van der Waals surface area contributed by atoms with Crippen molar-refractivity contribution in [1.82, 2.24) is 4.90 Å². The van der Waals surface area contributed by atoms with Gasteiger partial charge in [0.15, 0.2) is 0 Å². The van der Waals surface area contributed by atoms with Gasteiger partial charge in [0, 0.05) is 13.0 Å². The Hall–Kier alpha value is -0.570. The first-order chi connectivity index (χ1) is 7.22. The maximum absolute atomic E-state index is 11.9. The molecule has 1 saturated heterocycles. The van der Waals surface area contributed by atoms with Crippen molar-refractivity contribution in [2.24, 2.45) is 0 Å².